The van der Waals surface area contributed by atoms with Crippen molar-refractivity contribution in [3.05, 3.63) is 40.8 Å². The Bertz CT molecular complexity index is 656. The van der Waals surface area contributed by atoms with Crippen molar-refractivity contribution in [3.8, 4) is 10.4 Å². The van der Waals surface area contributed by atoms with E-state index in [4.69, 9.17) is 11.6 Å². The fraction of sp³-hybridized carbons (Fsp3) is 0.0909. The van der Waals surface area contributed by atoms with Gasteiger partial charge in [0.2, 0.25) is 0 Å². The Labute approximate surface area is 101 Å². The first-order chi connectivity index (χ1) is 7.74. The number of rotatable bonds is 1. The minimum Gasteiger partial charge on any atom is -0.249 e. The molecule has 0 fully saturated rings. The van der Waals surface area contributed by atoms with Crippen molar-refractivity contribution in [2.45, 2.75) is 6.92 Å². The van der Waals surface area contributed by atoms with Crippen LogP contribution in [0.2, 0.25) is 5.02 Å². The Morgan fingerprint density at radius 3 is 2.94 bits per heavy atom. The molecule has 3 nitrogen and oxygen atoms in total. The molecule has 3 aromatic heterocycles. The van der Waals surface area contributed by atoms with Gasteiger partial charge in [-0.05, 0) is 19.1 Å². The van der Waals surface area contributed by atoms with E-state index in [0.29, 0.717) is 5.02 Å². The third kappa shape index (κ3) is 1.50. The van der Waals surface area contributed by atoms with Crippen molar-refractivity contribution in [1.29, 1.82) is 0 Å². The molecule has 3 heterocycles. The zero-order chi connectivity index (χ0) is 11.1. The minimum atomic E-state index is 0.683. The van der Waals surface area contributed by atoms with Crippen molar-refractivity contribution in [2.75, 3.05) is 0 Å². The maximum atomic E-state index is 5.91. The number of aromatic nitrogens is 3. The van der Waals surface area contributed by atoms with Crippen LogP contribution in [0.3, 0.4) is 0 Å². The van der Waals surface area contributed by atoms with Gasteiger partial charge in [-0.15, -0.1) is 11.3 Å². The largest absolute Gasteiger partial charge is 0.249 e. The lowest BCUT2D eigenvalue weighted by molar-refractivity contribution is 0.961. The van der Waals surface area contributed by atoms with E-state index in [-0.39, 0.29) is 0 Å². The van der Waals surface area contributed by atoms with Crippen LogP contribution in [0, 0.1) is 6.92 Å². The van der Waals surface area contributed by atoms with E-state index in [1.165, 1.54) is 0 Å². The number of thiazole rings is 1. The quantitative estimate of drug-likeness (QED) is 0.662. The van der Waals surface area contributed by atoms with E-state index in [0.717, 1.165) is 21.0 Å². The van der Waals surface area contributed by atoms with Gasteiger partial charge in [-0.3, -0.25) is 0 Å². The number of fused-ring (bicyclic) bond motifs is 1. The van der Waals surface area contributed by atoms with Crippen LogP contribution in [-0.4, -0.2) is 14.6 Å². The highest BCUT2D eigenvalue weighted by Gasteiger charge is 2.08. The first-order valence-corrected chi connectivity index (χ1v) is 5.99. The monoisotopic (exact) mass is 249 g/mol. The van der Waals surface area contributed by atoms with E-state index in [1.54, 1.807) is 22.0 Å². The highest BCUT2D eigenvalue weighted by molar-refractivity contribution is 7.15. The summed E-state index contributed by atoms with van der Waals surface area (Å²) in [6.07, 6.45) is 5.53. The Hall–Kier alpha value is -1.39. The van der Waals surface area contributed by atoms with Gasteiger partial charge in [-0.25, -0.2) is 9.50 Å². The standard InChI is InChI=1S/C11H8ClN3S/c1-7-13-5-11(16-7)9-4-14-15-6-8(12)2-3-10(9)15/h2-6H,1H3. The van der Waals surface area contributed by atoms with Crippen molar-refractivity contribution in [3.63, 3.8) is 0 Å². The van der Waals surface area contributed by atoms with Gasteiger partial charge in [0.05, 0.1) is 26.6 Å². The highest BCUT2D eigenvalue weighted by Crippen LogP contribution is 2.29. The molecule has 0 aliphatic rings. The zero-order valence-corrected chi connectivity index (χ0v) is 10.1. The molecule has 16 heavy (non-hydrogen) atoms. The van der Waals surface area contributed by atoms with Gasteiger partial charge in [0.25, 0.3) is 0 Å². The second-order valence-corrected chi connectivity index (χ2v) is 5.15. The molecule has 0 aliphatic heterocycles. The van der Waals surface area contributed by atoms with Gasteiger partial charge in [-0.1, -0.05) is 11.6 Å². The predicted molar refractivity (Wildman–Crippen MR) is 66.0 cm³/mol. The lowest BCUT2D eigenvalue weighted by atomic mass is 10.2. The Morgan fingerprint density at radius 2 is 2.19 bits per heavy atom. The summed E-state index contributed by atoms with van der Waals surface area (Å²) >= 11 is 7.57. The first-order valence-electron chi connectivity index (χ1n) is 4.80. The normalized spacial score (nSPS) is 11.1. The molecule has 80 valence electrons. The van der Waals surface area contributed by atoms with Gasteiger partial charge in [0, 0.05) is 18.0 Å². The van der Waals surface area contributed by atoms with Gasteiger partial charge < -0.3 is 0 Å². The number of pyridine rings is 1. The van der Waals surface area contributed by atoms with Crippen LogP contribution in [0.15, 0.2) is 30.7 Å². The van der Waals surface area contributed by atoms with Gasteiger partial charge in [-0.2, -0.15) is 5.10 Å². The number of aryl methyl sites for hydroxylation is 1. The average molecular weight is 250 g/mol. The highest BCUT2D eigenvalue weighted by atomic mass is 35.5. The summed E-state index contributed by atoms with van der Waals surface area (Å²) in [5.41, 5.74) is 2.15. The molecule has 0 saturated heterocycles. The van der Waals surface area contributed by atoms with Crippen molar-refractivity contribution in [1.82, 2.24) is 14.6 Å². The summed E-state index contributed by atoms with van der Waals surface area (Å²) in [4.78, 5) is 5.39. The van der Waals surface area contributed by atoms with Crippen molar-refractivity contribution >= 4 is 28.5 Å². The Morgan fingerprint density at radius 1 is 1.31 bits per heavy atom. The molecule has 0 aromatic carbocycles. The average Bonchev–Trinajstić information content (AvgIpc) is 2.83. The van der Waals surface area contributed by atoms with E-state index < -0.39 is 0 Å². The zero-order valence-electron chi connectivity index (χ0n) is 8.51. The van der Waals surface area contributed by atoms with Crippen LogP contribution < -0.4 is 0 Å². The van der Waals surface area contributed by atoms with Gasteiger partial charge in [0.1, 0.15) is 0 Å². The molecule has 0 amide bonds. The first kappa shape index (κ1) is 9.81. The van der Waals surface area contributed by atoms with Gasteiger partial charge in [0.15, 0.2) is 0 Å². The molecule has 0 N–H and O–H groups in total. The lowest BCUT2D eigenvalue weighted by Gasteiger charge is -1.95. The van der Waals surface area contributed by atoms with Crippen molar-refractivity contribution in [2.24, 2.45) is 0 Å². The van der Waals surface area contributed by atoms with E-state index >= 15 is 0 Å². The third-order valence-corrected chi connectivity index (χ3v) is 3.54. The summed E-state index contributed by atoms with van der Waals surface area (Å²) in [5.74, 6) is 0. The lowest BCUT2D eigenvalue weighted by Crippen LogP contribution is -1.84. The maximum absolute atomic E-state index is 5.91. The SMILES string of the molecule is Cc1ncc(-c2cnn3cc(Cl)ccc23)s1. The van der Waals surface area contributed by atoms with Crippen LogP contribution in [-0.2, 0) is 0 Å². The van der Waals surface area contributed by atoms with Crippen LogP contribution in [0.4, 0.5) is 0 Å². The summed E-state index contributed by atoms with van der Waals surface area (Å²) < 4.78 is 1.78. The van der Waals surface area contributed by atoms with E-state index in [2.05, 4.69) is 10.1 Å². The Kier molecular flexibility index (Phi) is 2.19. The molecule has 0 unspecified atom stereocenters. The fourth-order valence-corrected chi connectivity index (χ4v) is 2.59. The molecule has 0 bridgehead atoms. The van der Waals surface area contributed by atoms with Crippen LogP contribution >= 0.6 is 22.9 Å². The molecular formula is C11H8ClN3S. The number of halogens is 1. The number of nitrogens with zero attached hydrogens (tertiary/aromatic N) is 3. The molecule has 0 spiro atoms. The van der Waals surface area contributed by atoms with E-state index in [9.17, 15) is 0 Å². The van der Waals surface area contributed by atoms with Crippen molar-refractivity contribution < 1.29 is 0 Å². The molecule has 3 aromatic rings. The fourth-order valence-electron chi connectivity index (χ4n) is 1.63. The molecule has 5 heteroatoms. The number of hydrogen-bond acceptors (Lipinski definition) is 3. The smallest absolute Gasteiger partial charge is 0.0900 e. The third-order valence-electron chi connectivity index (χ3n) is 2.37. The van der Waals surface area contributed by atoms with Gasteiger partial charge >= 0.3 is 0 Å². The predicted octanol–water partition coefficient (Wildman–Crippen LogP) is 3.42. The van der Waals surface area contributed by atoms with Crippen LogP contribution in [0.25, 0.3) is 16.0 Å². The Balaban J connectivity index is 2.25. The summed E-state index contributed by atoms with van der Waals surface area (Å²) in [7, 11) is 0. The summed E-state index contributed by atoms with van der Waals surface area (Å²) in [6.45, 7) is 2.00. The molecule has 0 saturated carbocycles. The molecule has 0 atom stereocenters. The van der Waals surface area contributed by atoms with E-state index in [1.807, 2.05) is 31.5 Å². The molecule has 0 radical (unpaired) electrons. The molecule has 3 rings (SSSR count). The molecular weight excluding hydrogens is 242 g/mol. The van der Waals surface area contributed by atoms with Crippen LogP contribution in [0.5, 0.6) is 0 Å². The topological polar surface area (TPSA) is 30.2 Å². The van der Waals surface area contributed by atoms with Crippen LogP contribution in [0.1, 0.15) is 5.01 Å². The number of hydrogen-bond donors (Lipinski definition) is 0. The molecule has 0 aliphatic carbocycles. The summed E-state index contributed by atoms with van der Waals surface area (Å²) in [6, 6.07) is 3.84. The second-order valence-electron chi connectivity index (χ2n) is 3.48. The summed E-state index contributed by atoms with van der Waals surface area (Å²) in [5, 5.41) is 6.02. The second kappa shape index (κ2) is 3.57. The maximum Gasteiger partial charge on any atom is 0.0900 e. The minimum absolute atomic E-state index is 0.683.